The fourth-order valence-electron chi connectivity index (χ4n) is 1.17. The summed E-state index contributed by atoms with van der Waals surface area (Å²) in [5.41, 5.74) is 5.70. The molecule has 0 aliphatic carbocycles. The smallest absolute Gasteiger partial charge is 0.336 e. The average Bonchev–Trinajstić information content (AvgIpc) is 2.05. The van der Waals surface area contributed by atoms with E-state index in [9.17, 15) is 0 Å². The molecule has 0 bridgehead atoms. The van der Waals surface area contributed by atoms with Gasteiger partial charge in [0.1, 0.15) is 0 Å². The van der Waals surface area contributed by atoms with Crippen LogP contribution in [0.3, 0.4) is 0 Å². The molecule has 0 aliphatic heterocycles. The molecule has 2 atom stereocenters. The summed E-state index contributed by atoms with van der Waals surface area (Å²) in [6, 6.07) is 0.975. The van der Waals surface area contributed by atoms with Crippen molar-refractivity contribution in [3.63, 3.8) is 0 Å². The highest BCUT2D eigenvalue weighted by molar-refractivity contribution is 6.66. The van der Waals surface area contributed by atoms with Crippen molar-refractivity contribution in [2.24, 2.45) is 5.73 Å². The summed E-state index contributed by atoms with van der Waals surface area (Å²) >= 11 is 0. The first-order valence-corrected chi connectivity index (χ1v) is 7.32. The first-order chi connectivity index (χ1) is 6.08. The van der Waals surface area contributed by atoms with Crippen molar-refractivity contribution < 1.29 is 8.85 Å². The summed E-state index contributed by atoms with van der Waals surface area (Å²) in [4.78, 5) is 0. The number of rotatable bonds is 7. The third kappa shape index (κ3) is 5.38. The molecule has 0 spiro atoms. The highest BCUT2D eigenvalue weighted by Crippen LogP contribution is 2.14. The predicted molar refractivity (Wildman–Crippen MR) is 56.5 cm³/mol. The van der Waals surface area contributed by atoms with Gasteiger partial charge in [0.2, 0.25) is 0 Å². The maximum Gasteiger partial charge on any atom is 0.336 e. The van der Waals surface area contributed by atoms with Crippen LogP contribution in [0.1, 0.15) is 20.3 Å². The minimum Gasteiger partial charge on any atom is -0.398 e. The maximum absolute atomic E-state index is 5.70. The van der Waals surface area contributed by atoms with Crippen molar-refractivity contribution >= 4 is 8.56 Å². The van der Waals surface area contributed by atoms with Crippen LogP contribution < -0.4 is 11.1 Å². The van der Waals surface area contributed by atoms with Crippen LogP contribution in [0.4, 0.5) is 0 Å². The lowest BCUT2D eigenvalue weighted by Crippen LogP contribution is -2.50. The van der Waals surface area contributed by atoms with Gasteiger partial charge in [0.05, 0.1) is 0 Å². The van der Waals surface area contributed by atoms with Gasteiger partial charge in [-0.2, -0.15) is 0 Å². The lowest BCUT2D eigenvalue weighted by molar-refractivity contribution is 0.112. The van der Waals surface area contributed by atoms with E-state index in [0.717, 1.165) is 19.0 Å². The van der Waals surface area contributed by atoms with Gasteiger partial charge < -0.3 is 8.85 Å². The molecule has 0 saturated carbocycles. The molecule has 0 aromatic heterocycles. The van der Waals surface area contributed by atoms with E-state index in [1.807, 2.05) is 13.5 Å². The minimum absolute atomic E-state index is 0.395. The zero-order chi connectivity index (χ0) is 10.3. The average molecular weight is 206 g/mol. The molecule has 0 fully saturated rings. The molecule has 0 radical (unpaired) electrons. The summed E-state index contributed by atoms with van der Waals surface area (Å²) in [5, 5.41) is 3.00. The van der Waals surface area contributed by atoms with Crippen LogP contribution >= 0.6 is 0 Å². The molecule has 2 unspecified atom stereocenters. The number of hydrogen-bond donors (Lipinski definition) is 2. The zero-order valence-electron chi connectivity index (χ0n) is 9.09. The van der Waals surface area contributed by atoms with Crippen molar-refractivity contribution in [1.82, 2.24) is 5.32 Å². The monoisotopic (exact) mass is 206 g/mol. The van der Waals surface area contributed by atoms with Crippen molar-refractivity contribution in [3.05, 3.63) is 0 Å². The molecule has 0 saturated heterocycles. The number of nitrogens with one attached hydrogen (secondary N) is 1. The standard InChI is InChI=1S/C8H22N2O2Si/c1-5-7-13(4,11-3)12-8(9)10-6-2/h8,10H,5-7,9H2,1-4H3. The topological polar surface area (TPSA) is 56.5 Å². The molecule has 0 aromatic carbocycles. The highest BCUT2D eigenvalue weighted by atomic mass is 28.4. The molecule has 80 valence electrons. The van der Waals surface area contributed by atoms with E-state index in [-0.39, 0.29) is 0 Å². The second-order valence-corrected chi connectivity index (χ2v) is 6.60. The van der Waals surface area contributed by atoms with Crippen LogP contribution in [-0.2, 0) is 8.85 Å². The Bertz CT molecular complexity index is 137. The van der Waals surface area contributed by atoms with Crippen molar-refractivity contribution in [2.45, 2.75) is 39.2 Å². The summed E-state index contributed by atoms with van der Waals surface area (Å²) in [5.74, 6) is 0. The first kappa shape index (κ1) is 13.1. The molecule has 0 aliphatic rings. The van der Waals surface area contributed by atoms with Gasteiger partial charge in [-0.15, -0.1) is 0 Å². The van der Waals surface area contributed by atoms with Crippen LogP contribution in [0.25, 0.3) is 0 Å². The van der Waals surface area contributed by atoms with Crippen LogP contribution in [0.2, 0.25) is 12.6 Å². The van der Waals surface area contributed by atoms with Gasteiger partial charge >= 0.3 is 8.56 Å². The Hall–Kier alpha value is 0.0569. The predicted octanol–water partition coefficient (Wildman–Crippen LogP) is 0.983. The number of nitrogens with two attached hydrogens (primary N) is 1. The molecular weight excluding hydrogens is 184 g/mol. The molecule has 13 heavy (non-hydrogen) atoms. The SMILES string of the molecule is CCC[Si](C)(OC)OC(N)NCC. The van der Waals surface area contributed by atoms with Crippen LogP contribution in [-0.4, -0.2) is 28.6 Å². The summed E-state index contributed by atoms with van der Waals surface area (Å²) < 4.78 is 11.0. The van der Waals surface area contributed by atoms with Crippen molar-refractivity contribution in [3.8, 4) is 0 Å². The Morgan fingerprint density at radius 1 is 1.46 bits per heavy atom. The fraction of sp³-hybridized carbons (Fsp3) is 1.00. The van der Waals surface area contributed by atoms with Gasteiger partial charge in [0, 0.05) is 7.11 Å². The quantitative estimate of drug-likeness (QED) is 0.482. The van der Waals surface area contributed by atoms with Crippen LogP contribution in [0.5, 0.6) is 0 Å². The van der Waals surface area contributed by atoms with Gasteiger partial charge in [-0.25, -0.2) is 0 Å². The molecule has 0 aromatic rings. The molecule has 0 heterocycles. The van der Waals surface area contributed by atoms with E-state index in [4.69, 9.17) is 14.6 Å². The van der Waals surface area contributed by atoms with Gasteiger partial charge in [-0.1, -0.05) is 20.3 Å². The Balaban J connectivity index is 3.93. The van der Waals surface area contributed by atoms with E-state index in [2.05, 4.69) is 12.2 Å². The minimum atomic E-state index is -2.01. The first-order valence-electron chi connectivity index (χ1n) is 4.80. The lowest BCUT2D eigenvalue weighted by atomic mass is 10.6. The van der Waals surface area contributed by atoms with E-state index < -0.39 is 14.9 Å². The van der Waals surface area contributed by atoms with Gasteiger partial charge in [0.15, 0.2) is 6.35 Å². The van der Waals surface area contributed by atoms with E-state index >= 15 is 0 Å². The lowest BCUT2D eigenvalue weighted by Gasteiger charge is -2.28. The third-order valence-electron chi connectivity index (χ3n) is 1.92. The van der Waals surface area contributed by atoms with Gasteiger partial charge in [0.25, 0.3) is 0 Å². The Labute approximate surface area is 82.0 Å². The third-order valence-corrected chi connectivity index (χ3v) is 4.94. The summed E-state index contributed by atoms with van der Waals surface area (Å²) in [7, 11) is -0.316. The highest BCUT2D eigenvalue weighted by Gasteiger charge is 2.31. The van der Waals surface area contributed by atoms with Crippen LogP contribution in [0.15, 0.2) is 0 Å². The normalized spacial score (nSPS) is 18.2. The number of hydrogen-bond acceptors (Lipinski definition) is 4. The maximum atomic E-state index is 5.70. The molecule has 0 rings (SSSR count). The largest absolute Gasteiger partial charge is 0.398 e. The molecule has 3 N–H and O–H groups in total. The fourth-order valence-corrected chi connectivity index (χ4v) is 3.12. The Morgan fingerprint density at radius 2 is 2.08 bits per heavy atom. The Morgan fingerprint density at radius 3 is 2.46 bits per heavy atom. The van der Waals surface area contributed by atoms with Crippen molar-refractivity contribution in [2.75, 3.05) is 13.7 Å². The van der Waals surface area contributed by atoms with Gasteiger partial charge in [-0.05, 0) is 19.1 Å². The molecule has 0 amide bonds. The Kier molecular flexibility index (Phi) is 6.53. The molecular formula is C8H22N2O2Si. The van der Waals surface area contributed by atoms with E-state index in [0.29, 0.717) is 0 Å². The second-order valence-electron chi connectivity index (χ2n) is 3.18. The van der Waals surface area contributed by atoms with E-state index in [1.54, 1.807) is 7.11 Å². The molecule has 5 heteroatoms. The second kappa shape index (κ2) is 6.50. The summed E-state index contributed by atoms with van der Waals surface area (Å²) in [6.45, 7) is 6.95. The van der Waals surface area contributed by atoms with Gasteiger partial charge in [-0.3, -0.25) is 11.1 Å². The summed E-state index contributed by atoms with van der Waals surface area (Å²) in [6.07, 6.45) is 0.670. The van der Waals surface area contributed by atoms with Crippen molar-refractivity contribution in [1.29, 1.82) is 0 Å². The zero-order valence-corrected chi connectivity index (χ0v) is 10.1. The van der Waals surface area contributed by atoms with E-state index in [1.165, 1.54) is 0 Å². The van der Waals surface area contributed by atoms with Crippen LogP contribution in [0, 0.1) is 0 Å². The molecule has 4 nitrogen and oxygen atoms in total.